The van der Waals surface area contributed by atoms with E-state index in [9.17, 15) is 14.7 Å². The molecule has 5 nitrogen and oxygen atoms in total. The fourth-order valence-electron chi connectivity index (χ4n) is 3.94. The van der Waals surface area contributed by atoms with Crippen LogP contribution >= 0.6 is 31.9 Å². The van der Waals surface area contributed by atoms with Crippen LogP contribution in [-0.2, 0) is 10.5 Å². The monoisotopic (exact) mass is 580 g/mol. The molecule has 0 aromatic heterocycles. The standard InChI is InChI=1S/C25H16Br2N2O3.C2H6/c26-19-7-11-21(12-8-19)28-23(30)25(32,18-6-5-16-3-1-2-4-17(16)15-18)29(24(28)31)22-13-9-20(27)10-14-22;1-2/h1-15,32H;1-2H3. The molecule has 1 unspecified atom stereocenters. The van der Waals surface area contributed by atoms with Crippen molar-refractivity contribution >= 4 is 65.9 Å². The largest absolute Gasteiger partial charge is 0.359 e. The van der Waals surface area contributed by atoms with Crippen molar-refractivity contribution in [1.29, 1.82) is 0 Å². The molecular formula is C27H22Br2N2O3. The molecule has 1 aliphatic rings. The number of hydrogen-bond acceptors (Lipinski definition) is 3. The highest BCUT2D eigenvalue weighted by Crippen LogP contribution is 2.42. The van der Waals surface area contributed by atoms with Crippen molar-refractivity contribution < 1.29 is 14.7 Å². The van der Waals surface area contributed by atoms with Crippen molar-refractivity contribution in [3.8, 4) is 0 Å². The Morgan fingerprint density at radius 3 is 1.82 bits per heavy atom. The number of amides is 3. The molecule has 7 heteroatoms. The zero-order valence-electron chi connectivity index (χ0n) is 18.6. The highest BCUT2D eigenvalue weighted by Gasteiger charge is 2.59. The van der Waals surface area contributed by atoms with E-state index in [1.807, 2.05) is 44.2 Å². The Labute approximate surface area is 214 Å². The minimum Gasteiger partial charge on any atom is -0.359 e. The molecule has 3 amide bonds. The lowest BCUT2D eigenvalue weighted by Crippen LogP contribution is -2.47. The number of hydrogen-bond donors (Lipinski definition) is 1. The van der Waals surface area contributed by atoms with Crippen molar-refractivity contribution in [3.63, 3.8) is 0 Å². The van der Waals surface area contributed by atoms with E-state index in [0.29, 0.717) is 16.9 Å². The third kappa shape index (κ3) is 4.04. The minimum absolute atomic E-state index is 0.317. The Balaban J connectivity index is 0.00000133. The fourth-order valence-corrected chi connectivity index (χ4v) is 4.47. The number of halogens is 2. The van der Waals surface area contributed by atoms with Crippen molar-refractivity contribution in [3.05, 3.63) is 106 Å². The Kier molecular flexibility index (Phi) is 6.89. The number of rotatable bonds is 3. The second kappa shape index (κ2) is 9.70. The number of fused-ring (bicyclic) bond motifs is 1. The van der Waals surface area contributed by atoms with Crippen LogP contribution in [0.25, 0.3) is 10.8 Å². The quantitative estimate of drug-likeness (QED) is 0.260. The van der Waals surface area contributed by atoms with Crippen molar-refractivity contribution in [2.75, 3.05) is 9.80 Å². The Morgan fingerprint density at radius 1 is 0.706 bits per heavy atom. The van der Waals surface area contributed by atoms with E-state index < -0.39 is 17.7 Å². The topological polar surface area (TPSA) is 60.9 Å². The van der Waals surface area contributed by atoms with E-state index in [4.69, 9.17) is 0 Å². The zero-order chi connectivity index (χ0) is 24.5. The van der Waals surface area contributed by atoms with Crippen LogP contribution in [-0.4, -0.2) is 17.0 Å². The number of aliphatic hydroxyl groups is 1. The van der Waals surface area contributed by atoms with Gasteiger partial charge in [-0.1, -0.05) is 82.1 Å². The number of urea groups is 1. The maximum Gasteiger partial charge on any atom is 0.339 e. The molecule has 0 saturated carbocycles. The second-order valence-corrected chi connectivity index (χ2v) is 9.28. The van der Waals surface area contributed by atoms with Gasteiger partial charge < -0.3 is 5.11 Å². The Bertz CT molecular complexity index is 1360. The fraction of sp³-hybridized carbons (Fsp3) is 0.111. The van der Waals surface area contributed by atoms with E-state index in [-0.39, 0.29) is 0 Å². The van der Waals surface area contributed by atoms with Crippen LogP contribution in [0.4, 0.5) is 16.2 Å². The van der Waals surface area contributed by atoms with Gasteiger partial charge in [-0.3, -0.25) is 9.69 Å². The summed E-state index contributed by atoms with van der Waals surface area (Å²) in [4.78, 5) is 29.5. The number of carbonyl (C=O) groups is 2. The van der Waals surface area contributed by atoms with Gasteiger partial charge in [0.25, 0.3) is 11.6 Å². The van der Waals surface area contributed by atoms with E-state index in [0.717, 1.165) is 29.5 Å². The molecule has 1 fully saturated rings. The normalized spacial score (nSPS) is 17.7. The number of carbonyl (C=O) groups excluding carboxylic acids is 2. The first-order chi connectivity index (χ1) is 16.4. The van der Waals surface area contributed by atoms with Gasteiger partial charge >= 0.3 is 6.03 Å². The number of anilines is 2. The molecule has 34 heavy (non-hydrogen) atoms. The molecule has 4 aromatic carbocycles. The van der Waals surface area contributed by atoms with E-state index in [1.165, 1.54) is 0 Å². The van der Waals surface area contributed by atoms with Crippen LogP contribution in [0, 0.1) is 0 Å². The highest BCUT2D eigenvalue weighted by molar-refractivity contribution is 9.10. The van der Waals surface area contributed by atoms with Gasteiger partial charge in [-0.2, -0.15) is 0 Å². The number of imide groups is 1. The van der Waals surface area contributed by atoms with Crippen LogP contribution in [0.2, 0.25) is 0 Å². The molecule has 0 radical (unpaired) electrons. The maximum atomic E-state index is 13.7. The lowest BCUT2D eigenvalue weighted by atomic mass is 9.97. The summed E-state index contributed by atoms with van der Waals surface area (Å²) in [6.07, 6.45) is 0. The van der Waals surface area contributed by atoms with Crippen LogP contribution < -0.4 is 9.80 Å². The van der Waals surface area contributed by atoms with Crippen LogP contribution in [0.3, 0.4) is 0 Å². The first kappa shape index (κ1) is 24.1. The minimum atomic E-state index is -2.21. The predicted molar refractivity (Wildman–Crippen MR) is 143 cm³/mol. The Morgan fingerprint density at radius 2 is 1.24 bits per heavy atom. The lowest BCUT2D eigenvalue weighted by molar-refractivity contribution is -0.133. The predicted octanol–water partition coefficient (Wildman–Crippen LogP) is 7.21. The van der Waals surface area contributed by atoms with Gasteiger partial charge in [0.1, 0.15) is 0 Å². The number of nitrogens with zero attached hydrogens (tertiary/aromatic N) is 2. The zero-order valence-corrected chi connectivity index (χ0v) is 21.7. The van der Waals surface area contributed by atoms with E-state index >= 15 is 0 Å². The summed E-state index contributed by atoms with van der Waals surface area (Å²) in [6, 6.07) is 26.0. The van der Waals surface area contributed by atoms with Gasteiger partial charge in [0.05, 0.1) is 5.69 Å². The number of benzene rings is 4. The SMILES string of the molecule is CC.O=C1N(c2ccc(Br)cc2)C(=O)C(O)(c2ccc3ccccc3c2)N1c1ccc(Br)cc1. The summed E-state index contributed by atoms with van der Waals surface area (Å²) < 4.78 is 1.63. The third-order valence-corrected chi connectivity index (χ3v) is 6.59. The van der Waals surface area contributed by atoms with Crippen LogP contribution in [0.1, 0.15) is 19.4 Å². The first-order valence-corrected chi connectivity index (χ1v) is 12.4. The molecule has 1 saturated heterocycles. The first-order valence-electron chi connectivity index (χ1n) is 10.8. The molecule has 1 heterocycles. The van der Waals surface area contributed by atoms with Gasteiger partial charge in [0.15, 0.2) is 0 Å². The maximum absolute atomic E-state index is 13.7. The average Bonchev–Trinajstić information content (AvgIpc) is 3.07. The highest BCUT2D eigenvalue weighted by atomic mass is 79.9. The van der Waals surface area contributed by atoms with Gasteiger partial charge in [-0.15, -0.1) is 0 Å². The lowest BCUT2D eigenvalue weighted by Gasteiger charge is -2.30. The van der Waals surface area contributed by atoms with Crippen molar-refractivity contribution in [2.24, 2.45) is 0 Å². The summed E-state index contributed by atoms with van der Waals surface area (Å²) in [7, 11) is 0. The third-order valence-electron chi connectivity index (χ3n) is 5.53. The average molecular weight is 582 g/mol. The summed E-state index contributed by atoms with van der Waals surface area (Å²) in [5.74, 6) is -0.733. The molecule has 0 aliphatic carbocycles. The van der Waals surface area contributed by atoms with Gasteiger partial charge in [0, 0.05) is 20.2 Å². The molecular weight excluding hydrogens is 560 g/mol. The molecule has 5 rings (SSSR count). The van der Waals surface area contributed by atoms with E-state index in [1.54, 1.807) is 60.7 Å². The van der Waals surface area contributed by atoms with Crippen LogP contribution in [0.5, 0.6) is 0 Å². The molecule has 0 spiro atoms. The molecule has 1 N–H and O–H groups in total. The van der Waals surface area contributed by atoms with E-state index in [2.05, 4.69) is 31.9 Å². The molecule has 1 atom stereocenters. The van der Waals surface area contributed by atoms with Crippen LogP contribution in [0.15, 0.2) is 99.9 Å². The molecule has 4 aromatic rings. The summed E-state index contributed by atoms with van der Waals surface area (Å²) in [5, 5.41) is 13.7. The summed E-state index contributed by atoms with van der Waals surface area (Å²) in [6.45, 7) is 4.00. The molecule has 0 bridgehead atoms. The molecule has 1 aliphatic heterocycles. The summed E-state index contributed by atoms with van der Waals surface area (Å²) >= 11 is 6.76. The second-order valence-electron chi connectivity index (χ2n) is 7.45. The van der Waals surface area contributed by atoms with Gasteiger partial charge in [-0.05, 0) is 65.4 Å². The smallest absolute Gasteiger partial charge is 0.339 e. The Hall–Kier alpha value is -3.00. The summed E-state index contributed by atoms with van der Waals surface area (Å²) in [5.41, 5.74) is -1.11. The van der Waals surface area contributed by atoms with Crippen molar-refractivity contribution in [1.82, 2.24) is 0 Å². The van der Waals surface area contributed by atoms with Crippen molar-refractivity contribution in [2.45, 2.75) is 19.6 Å². The van der Waals surface area contributed by atoms with Gasteiger partial charge in [0.2, 0.25) is 0 Å². The molecule has 172 valence electrons. The van der Waals surface area contributed by atoms with Gasteiger partial charge in [-0.25, -0.2) is 9.69 Å².